The number of esters is 1. The zero-order valence-corrected chi connectivity index (χ0v) is 19.4. The highest BCUT2D eigenvalue weighted by molar-refractivity contribution is 9.10. The van der Waals surface area contributed by atoms with Crippen LogP contribution in [0, 0.1) is 10.1 Å². The van der Waals surface area contributed by atoms with Crippen LogP contribution in [-0.4, -0.2) is 26.8 Å². The molecule has 0 saturated heterocycles. The van der Waals surface area contributed by atoms with Crippen LogP contribution in [0.25, 0.3) is 10.9 Å². The fourth-order valence-electron chi connectivity index (χ4n) is 4.07. The molecule has 1 saturated carbocycles. The van der Waals surface area contributed by atoms with Gasteiger partial charge in [0.2, 0.25) is 5.75 Å². The summed E-state index contributed by atoms with van der Waals surface area (Å²) in [5.41, 5.74) is 0.0913. The van der Waals surface area contributed by atoms with Crippen molar-refractivity contribution in [2.75, 3.05) is 0 Å². The molecule has 1 aliphatic carbocycles. The number of hydrogen-bond donors (Lipinski definition) is 0. The largest absolute Gasteiger partial charge is 0.419 e. The molecule has 0 unspecified atom stereocenters. The maximum Gasteiger partial charge on any atom is 0.312 e. The van der Waals surface area contributed by atoms with Crippen LogP contribution < -0.4 is 10.3 Å². The number of para-hydroxylation sites is 1. The molecule has 3 aromatic rings. The lowest BCUT2D eigenvalue weighted by molar-refractivity contribution is -0.385. The quantitative estimate of drug-likeness (QED) is 0.157. The van der Waals surface area contributed by atoms with E-state index in [-0.39, 0.29) is 28.5 Å². The van der Waals surface area contributed by atoms with E-state index in [9.17, 15) is 19.7 Å². The van der Waals surface area contributed by atoms with Crippen molar-refractivity contribution in [3.05, 3.63) is 72.7 Å². The predicted molar refractivity (Wildman–Crippen MR) is 127 cm³/mol. The summed E-state index contributed by atoms with van der Waals surface area (Å²) in [6.45, 7) is 1.16. The molecule has 0 N–H and O–H groups in total. The Bertz CT molecular complexity index is 1330. The van der Waals surface area contributed by atoms with Crippen molar-refractivity contribution < 1.29 is 14.5 Å². The first-order valence-corrected chi connectivity index (χ1v) is 11.4. The van der Waals surface area contributed by atoms with Crippen molar-refractivity contribution in [3.63, 3.8) is 0 Å². The van der Waals surface area contributed by atoms with Gasteiger partial charge in [0.15, 0.2) is 0 Å². The first-order chi connectivity index (χ1) is 15.8. The number of carbonyl (C=O) groups is 1. The second kappa shape index (κ2) is 9.62. The van der Waals surface area contributed by atoms with Gasteiger partial charge in [0.25, 0.3) is 5.56 Å². The van der Waals surface area contributed by atoms with Gasteiger partial charge in [-0.3, -0.25) is 19.7 Å². The van der Waals surface area contributed by atoms with Crippen LogP contribution in [0.1, 0.15) is 56.3 Å². The smallest absolute Gasteiger partial charge is 0.312 e. The Labute approximate surface area is 197 Å². The predicted octanol–water partition coefficient (Wildman–Crippen LogP) is 4.92. The van der Waals surface area contributed by atoms with Gasteiger partial charge in [0.1, 0.15) is 5.82 Å². The molecule has 10 heteroatoms. The van der Waals surface area contributed by atoms with E-state index in [0.29, 0.717) is 16.7 Å². The number of ether oxygens (including phenoxy) is 1. The van der Waals surface area contributed by atoms with Gasteiger partial charge in [0.05, 0.1) is 22.0 Å². The van der Waals surface area contributed by atoms with Gasteiger partial charge in [-0.05, 0) is 37.1 Å². The normalized spacial score (nSPS) is 14.6. The number of halogens is 1. The highest BCUT2D eigenvalue weighted by atomic mass is 79.9. The maximum absolute atomic E-state index is 13.4. The molecule has 4 rings (SSSR count). The summed E-state index contributed by atoms with van der Waals surface area (Å²) in [6.07, 6.45) is 6.33. The molecular weight excluding hydrogens is 492 g/mol. The standard InChI is InChI=1S/C23H21BrN4O5/c1-14(29)33-21-16(8-5-9-20(21)28(31)32)13-25-27-22(15-6-3-2-4-7-15)26-19-11-10-17(24)12-18(19)23(27)30/h5,8-13,15H,2-4,6-7H2,1H3. The molecule has 0 amide bonds. The van der Waals surface area contributed by atoms with Crippen molar-refractivity contribution >= 4 is 44.7 Å². The van der Waals surface area contributed by atoms with Crippen molar-refractivity contribution in [1.82, 2.24) is 9.66 Å². The Morgan fingerprint density at radius 1 is 1.27 bits per heavy atom. The van der Waals surface area contributed by atoms with Crippen LogP contribution in [0.4, 0.5) is 5.69 Å². The van der Waals surface area contributed by atoms with Crippen LogP contribution in [0.2, 0.25) is 0 Å². The van der Waals surface area contributed by atoms with E-state index in [4.69, 9.17) is 9.72 Å². The molecule has 1 fully saturated rings. The topological polar surface area (TPSA) is 117 Å². The summed E-state index contributed by atoms with van der Waals surface area (Å²) in [7, 11) is 0. The second-order valence-corrected chi connectivity index (χ2v) is 8.79. The van der Waals surface area contributed by atoms with E-state index in [0.717, 1.165) is 43.5 Å². The summed E-state index contributed by atoms with van der Waals surface area (Å²) in [5.74, 6) is -0.279. The lowest BCUT2D eigenvalue weighted by atomic mass is 9.88. The van der Waals surface area contributed by atoms with E-state index in [1.165, 1.54) is 29.1 Å². The third kappa shape index (κ3) is 4.85. The Kier molecular flexibility index (Phi) is 6.64. The Balaban J connectivity index is 1.88. The number of rotatable bonds is 5. The van der Waals surface area contributed by atoms with Gasteiger partial charge in [-0.2, -0.15) is 9.78 Å². The zero-order chi connectivity index (χ0) is 23.5. The molecule has 1 heterocycles. The highest BCUT2D eigenvalue weighted by Gasteiger charge is 2.23. The van der Waals surface area contributed by atoms with Crippen LogP contribution in [0.3, 0.4) is 0 Å². The van der Waals surface area contributed by atoms with Crippen LogP contribution in [0.5, 0.6) is 5.75 Å². The van der Waals surface area contributed by atoms with Gasteiger partial charge in [-0.1, -0.05) is 41.3 Å². The van der Waals surface area contributed by atoms with E-state index >= 15 is 0 Å². The number of hydrogen-bond acceptors (Lipinski definition) is 7. The minimum Gasteiger partial charge on any atom is -0.419 e. The monoisotopic (exact) mass is 512 g/mol. The highest BCUT2D eigenvalue weighted by Crippen LogP contribution is 2.33. The molecular formula is C23H21BrN4O5. The summed E-state index contributed by atoms with van der Waals surface area (Å²) in [4.78, 5) is 40.5. The molecule has 33 heavy (non-hydrogen) atoms. The lowest BCUT2D eigenvalue weighted by Gasteiger charge is -2.22. The van der Waals surface area contributed by atoms with Gasteiger partial charge >= 0.3 is 11.7 Å². The molecule has 0 atom stereocenters. The Hall–Kier alpha value is -3.40. The van der Waals surface area contributed by atoms with Crippen molar-refractivity contribution in [2.45, 2.75) is 44.9 Å². The molecule has 170 valence electrons. The number of nitro benzene ring substituents is 1. The van der Waals surface area contributed by atoms with Gasteiger partial charge in [-0.25, -0.2) is 4.98 Å². The van der Waals surface area contributed by atoms with E-state index in [1.807, 2.05) is 6.07 Å². The molecule has 9 nitrogen and oxygen atoms in total. The zero-order valence-electron chi connectivity index (χ0n) is 17.9. The first kappa shape index (κ1) is 22.8. The minimum atomic E-state index is -0.698. The Morgan fingerprint density at radius 3 is 2.73 bits per heavy atom. The molecule has 0 radical (unpaired) electrons. The molecule has 0 aliphatic heterocycles. The fourth-order valence-corrected chi connectivity index (χ4v) is 4.43. The molecule has 1 aromatic heterocycles. The van der Waals surface area contributed by atoms with Crippen molar-refractivity contribution in [2.24, 2.45) is 5.10 Å². The number of carbonyl (C=O) groups excluding carboxylic acids is 1. The SMILES string of the molecule is CC(=O)Oc1c(C=Nn2c(C3CCCCC3)nc3ccc(Br)cc3c2=O)cccc1[N+](=O)[O-]. The molecule has 0 spiro atoms. The number of nitro groups is 1. The summed E-state index contributed by atoms with van der Waals surface area (Å²) in [5, 5.41) is 16.2. The average molecular weight is 513 g/mol. The second-order valence-electron chi connectivity index (χ2n) is 7.87. The van der Waals surface area contributed by atoms with Gasteiger partial charge < -0.3 is 4.74 Å². The number of nitrogens with zero attached hydrogens (tertiary/aromatic N) is 4. The van der Waals surface area contributed by atoms with Crippen LogP contribution in [0.15, 0.2) is 50.8 Å². The van der Waals surface area contributed by atoms with Gasteiger partial charge in [0, 0.05) is 28.9 Å². The number of fused-ring (bicyclic) bond motifs is 1. The number of benzene rings is 2. The van der Waals surface area contributed by atoms with Gasteiger partial charge in [-0.15, -0.1) is 0 Å². The van der Waals surface area contributed by atoms with Crippen molar-refractivity contribution in [1.29, 1.82) is 0 Å². The summed E-state index contributed by atoms with van der Waals surface area (Å²) in [6, 6.07) is 9.56. The summed E-state index contributed by atoms with van der Waals surface area (Å²) >= 11 is 3.39. The van der Waals surface area contributed by atoms with E-state index < -0.39 is 10.9 Å². The first-order valence-electron chi connectivity index (χ1n) is 10.6. The summed E-state index contributed by atoms with van der Waals surface area (Å²) < 4.78 is 7.11. The average Bonchev–Trinajstić information content (AvgIpc) is 2.79. The third-order valence-electron chi connectivity index (χ3n) is 5.58. The maximum atomic E-state index is 13.4. The van der Waals surface area contributed by atoms with Crippen LogP contribution >= 0.6 is 15.9 Å². The molecule has 1 aliphatic rings. The third-order valence-corrected chi connectivity index (χ3v) is 6.08. The Morgan fingerprint density at radius 2 is 2.03 bits per heavy atom. The van der Waals surface area contributed by atoms with Crippen molar-refractivity contribution in [3.8, 4) is 5.75 Å². The minimum absolute atomic E-state index is 0.0784. The van der Waals surface area contributed by atoms with Crippen LogP contribution in [-0.2, 0) is 4.79 Å². The van der Waals surface area contributed by atoms with E-state index in [1.54, 1.807) is 12.1 Å². The fraction of sp³-hybridized carbons (Fsp3) is 0.304. The molecule has 0 bridgehead atoms. The van der Waals surface area contributed by atoms with E-state index in [2.05, 4.69) is 21.0 Å². The molecule has 2 aromatic carbocycles. The number of aromatic nitrogens is 2. The lowest BCUT2D eigenvalue weighted by Crippen LogP contribution is -2.25.